The molecule has 0 spiro atoms. The molecule has 1 aliphatic rings. The van der Waals surface area contributed by atoms with Crippen LogP contribution in [-0.4, -0.2) is 52.7 Å². The summed E-state index contributed by atoms with van der Waals surface area (Å²) in [5.41, 5.74) is 0.283. The molecule has 0 amide bonds. The lowest BCUT2D eigenvalue weighted by atomic mass is 9.61. The van der Waals surface area contributed by atoms with Crippen molar-refractivity contribution >= 4 is 0 Å². The van der Waals surface area contributed by atoms with Gasteiger partial charge in [-0.05, 0) is 26.3 Å². The molecule has 0 aromatic rings. The summed E-state index contributed by atoms with van der Waals surface area (Å²) in [6, 6.07) is 0.593. The second kappa shape index (κ2) is 8.10. The van der Waals surface area contributed by atoms with Crippen molar-refractivity contribution in [3.8, 4) is 0 Å². The standard InChI is InChI=1S/C14H29NO3/c1-5-14(2)12(15-3)11-13(14)18-10-9-17-8-6-7-16-4/h12-13,15H,5-11H2,1-4H3. The Morgan fingerprint density at radius 1 is 1.22 bits per heavy atom. The molecule has 4 nitrogen and oxygen atoms in total. The van der Waals surface area contributed by atoms with Crippen molar-refractivity contribution in [2.75, 3.05) is 40.6 Å². The first-order valence-corrected chi connectivity index (χ1v) is 7.04. The molecule has 18 heavy (non-hydrogen) atoms. The van der Waals surface area contributed by atoms with E-state index < -0.39 is 0 Å². The summed E-state index contributed by atoms with van der Waals surface area (Å²) in [5.74, 6) is 0. The van der Waals surface area contributed by atoms with Crippen LogP contribution < -0.4 is 5.32 Å². The highest BCUT2D eigenvalue weighted by Crippen LogP contribution is 2.45. The summed E-state index contributed by atoms with van der Waals surface area (Å²) in [6.07, 6.45) is 3.60. The van der Waals surface area contributed by atoms with Gasteiger partial charge in [-0.1, -0.05) is 13.8 Å². The van der Waals surface area contributed by atoms with E-state index >= 15 is 0 Å². The van der Waals surface area contributed by atoms with Gasteiger partial charge in [0.2, 0.25) is 0 Å². The molecule has 0 heterocycles. The third-order valence-corrected chi connectivity index (χ3v) is 4.28. The van der Waals surface area contributed by atoms with Crippen LogP contribution >= 0.6 is 0 Å². The molecule has 0 bridgehead atoms. The van der Waals surface area contributed by atoms with E-state index in [1.54, 1.807) is 7.11 Å². The van der Waals surface area contributed by atoms with Gasteiger partial charge in [-0.2, -0.15) is 0 Å². The summed E-state index contributed by atoms with van der Waals surface area (Å²) in [4.78, 5) is 0. The van der Waals surface area contributed by atoms with Crippen molar-refractivity contribution in [2.24, 2.45) is 5.41 Å². The predicted molar refractivity (Wildman–Crippen MR) is 72.9 cm³/mol. The van der Waals surface area contributed by atoms with Gasteiger partial charge in [-0.3, -0.25) is 0 Å². The molecule has 1 saturated carbocycles. The molecule has 108 valence electrons. The van der Waals surface area contributed by atoms with Gasteiger partial charge in [-0.15, -0.1) is 0 Å². The number of hydrogen-bond acceptors (Lipinski definition) is 4. The minimum atomic E-state index is 0.283. The highest BCUT2D eigenvalue weighted by atomic mass is 16.5. The monoisotopic (exact) mass is 259 g/mol. The lowest BCUT2D eigenvalue weighted by Gasteiger charge is -2.53. The Kier molecular flexibility index (Phi) is 7.15. The molecule has 4 heteroatoms. The van der Waals surface area contributed by atoms with Crippen LogP contribution in [0.1, 0.15) is 33.1 Å². The zero-order valence-electron chi connectivity index (χ0n) is 12.3. The topological polar surface area (TPSA) is 39.7 Å². The molecule has 1 fully saturated rings. The molecule has 0 aromatic heterocycles. The first kappa shape index (κ1) is 15.9. The normalized spacial score (nSPS) is 31.3. The van der Waals surface area contributed by atoms with Crippen LogP contribution in [0, 0.1) is 5.41 Å². The minimum absolute atomic E-state index is 0.283. The van der Waals surface area contributed by atoms with Gasteiger partial charge in [0.1, 0.15) is 0 Å². The largest absolute Gasteiger partial charge is 0.385 e. The van der Waals surface area contributed by atoms with E-state index in [1.165, 1.54) is 0 Å². The predicted octanol–water partition coefficient (Wildman–Crippen LogP) is 1.83. The lowest BCUT2D eigenvalue weighted by molar-refractivity contribution is -0.136. The first-order chi connectivity index (χ1) is 8.69. The average molecular weight is 259 g/mol. The van der Waals surface area contributed by atoms with E-state index in [-0.39, 0.29) is 5.41 Å². The maximum atomic E-state index is 5.93. The molecule has 0 radical (unpaired) electrons. The summed E-state index contributed by atoms with van der Waals surface area (Å²) >= 11 is 0. The van der Waals surface area contributed by atoms with Gasteiger partial charge < -0.3 is 19.5 Å². The fourth-order valence-electron chi connectivity index (χ4n) is 2.65. The zero-order chi connectivity index (χ0) is 13.4. The number of methoxy groups -OCH3 is 1. The van der Waals surface area contributed by atoms with Crippen LogP contribution in [0.15, 0.2) is 0 Å². The summed E-state index contributed by atoms with van der Waals surface area (Å²) in [7, 11) is 3.75. The third kappa shape index (κ3) is 3.92. The Labute approximate surface area is 111 Å². The van der Waals surface area contributed by atoms with Crippen LogP contribution in [0.3, 0.4) is 0 Å². The summed E-state index contributed by atoms with van der Waals surface area (Å²) in [6.45, 7) is 7.45. The number of hydrogen-bond donors (Lipinski definition) is 1. The van der Waals surface area contributed by atoms with E-state index in [4.69, 9.17) is 14.2 Å². The van der Waals surface area contributed by atoms with Crippen molar-refractivity contribution in [3.63, 3.8) is 0 Å². The van der Waals surface area contributed by atoms with Crippen LogP contribution in [0.4, 0.5) is 0 Å². The van der Waals surface area contributed by atoms with Gasteiger partial charge in [0.15, 0.2) is 0 Å². The lowest BCUT2D eigenvalue weighted by Crippen LogP contribution is -2.61. The Morgan fingerprint density at radius 3 is 2.61 bits per heavy atom. The molecular weight excluding hydrogens is 230 g/mol. The third-order valence-electron chi connectivity index (χ3n) is 4.28. The maximum absolute atomic E-state index is 5.93. The van der Waals surface area contributed by atoms with E-state index in [0.717, 1.165) is 32.5 Å². The number of nitrogens with one attached hydrogen (secondary N) is 1. The SMILES string of the molecule is CCC1(C)C(NC)CC1OCCOCCCOC. The molecule has 0 aliphatic heterocycles. The zero-order valence-corrected chi connectivity index (χ0v) is 12.3. The second-order valence-electron chi connectivity index (χ2n) is 5.25. The number of rotatable bonds is 10. The van der Waals surface area contributed by atoms with E-state index in [1.807, 2.05) is 7.05 Å². The van der Waals surface area contributed by atoms with Crippen LogP contribution in [0.25, 0.3) is 0 Å². The molecule has 3 unspecified atom stereocenters. The highest BCUT2D eigenvalue weighted by molar-refractivity contribution is 5.04. The summed E-state index contributed by atoms with van der Waals surface area (Å²) < 4.78 is 16.4. The van der Waals surface area contributed by atoms with Gasteiger partial charge in [0, 0.05) is 31.8 Å². The number of ether oxygens (including phenoxy) is 3. The summed E-state index contributed by atoms with van der Waals surface area (Å²) in [5, 5.41) is 3.37. The molecule has 0 saturated heterocycles. The van der Waals surface area contributed by atoms with Gasteiger partial charge in [0.05, 0.1) is 19.3 Å². The van der Waals surface area contributed by atoms with Gasteiger partial charge in [-0.25, -0.2) is 0 Å². The van der Waals surface area contributed by atoms with Crippen LogP contribution in [0.2, 0.25) is 0 Å². The molecule has 1 N–H and O–H groups in total. The van der Waals surface area contributed by atoms with Gasteiger partial charge in [0.25, 0.3) is 0 Å². The van der Waals surface area contributed by atoms with Crippen molar-refractivity contribution in [2.45, 2.75) is 45.3 Å². The molecule has 1 aliphatic carbocycles. The van der Waals surface area contributed by atoms with E-state index in [2.05, 4.69) is 19.2 Å². The maximum Gasteiger partial charge on any atom is 0.0704 e. The van der Waals surface area contributed by atoms with Crippen LogP contribution in [0.5, 0.6) is 0 Å². The van der Waals surface area contributed by atoms with Crippen molar-refractivity contribution < 1.29 is 14.2 Å². The molecular formula is C14H29NO3. The van der Waals surface area contributed by atoms with Gasteiger partial charge >= 0.3 is 0 Å². The van der Waals surface area contributed by atoms with Crippen molar-refractivity contribution in [1.29, 1.82) is 0 Å². The fraction of sp³-hybridized carbons (Fsp3) is 1.00. The van der Waals surface area contributed by atoms with E-state index in [0.29, 0.717) is 25.4 Å². The first-order valence-electron chi connectivity index (χ1n) is 7.04. The molecule has 3 atom stereocenters. The molecule has 1 rings (SSSR count). The quantitative estimate of drug-likeness (QED) is 0.608. The highest BCUT2D eigenvalue weighted by Gasteiger charge is 2.50. The van der Waals surface area contributed by atoms with Crippen molar-refractivity contribution in [3.05, 3.63) is 0 Å². The molecule has 0 aromatic carbocycles. The second-order valence-corrected chi connectivity index (χ2v) is 5.25. The smallest absolute Gasteiger partial charge is 0.0704 e. The Morgan fingerprint density at radius 2 is 2.00 bits per heavy atom. The van der Waals surface area contributed by atoms with E-state index in [9.17, 15) is 0 Å². The van der Waals surface area contributed by atoms with Crippen molar-refractivity contribution in [1.82, 2.24) is 5.32 Å². The Balaban J connectivity index is 2.06. The Hall–Kier alpha value is -0.160. The minimum Gasteiger partial charge on any atom is -0.385 e. The average Bonchev–Trinajstić information content (AvgIpc) is 2.39. The fourth-order valence-corrected chi connectivity index (χ4v) is 2.65. The Bertz CT molecular complexity index is 225. The van der Waals surface area contributed by atoms with Crippen LogP contribution in [-0.2, 0) is 14.2 Å².